The van der Waals surface area contributed by atoms with Crippen LogP contribution in [0.1, 0.15) is 24.8 Å². The van der Waals surface area contributed by atoms with Crippen LogP contribution in [0.4, 0.5) is 0 Å². The van der Waals surface area contributed by atoms with E-state index in [1.54, 1.807) is 11.3 Å². The second-order valence-electron chi connectivity index (χ2n) is 2.90. The van der Waals surface area contributed by atoms with Gasteiger partial charge in [0.25, 0.3) is 0 Å². The number of thiophene rings is 1. The molecule has 0 amide bonds. The maximum atomic E-state index is 5.42. The molecular weight excluding hydrogens is 156 g/mol. The normalized spacial score (nSPS) is 13.8. The molecule has 3 N–H and O–H groups in total. The van der Waals surface area contributed by atoms with Crippen LogP contribution in [0.25, 0.3) is 0 Å². The molecule has 0 aromatic carbocycles. The van der Waals surface area contributed by atoms with E-state index in [-0.39, 0.29) is 0 Å². The standard InChI is InChI=1S/C8H14N2S/c1-6(2)8(10-9)7-4-3-5-11-7/h3-6,8,10H,9H2,1-2H3. The molecule has 0 radical (unpaired) electrons. The molecule has 0 fully saturated rings. The molecule has 1 aromatic rings. The lowest BCUT2D eigenvalue weighted by Gasteiger charge is -2.17. The molecule has 0 aliphatic carbocycles. The van der Waals surface area contributed by atoms with E-state index in [2.05, 4.69) is 30.7 Å². The molecule has 11 heavy (non-hydrogen) atoms. The zero-order valence-corrected chi connectivity index (χ0v) is 7.69. The van der Waals surface area contributed by atoms with Gasteiger partial charge < -0.3 is 0 Å². The summed E-state index contributed by atoms with van der Waals surface area (Å²) in [5, 5.41) is 2.07. The molecule has 0 bridgehead atoms. The molecule has 0 spiro atoms. The highest BCUT2D eigenvalue weighted by molar-refractivity contribution is 7.10. The molecule has 1 rings (SSSR count). The first kappa shape index (κ1) is 8.71. The van der Waals surface area contributed by atoms with Crippen LogP contribution in [0.3, 0.4) is 0 Å². The molecule has 1 atom stereocenters. The van der Waals surface area contributed by atoms with Crippen LogP contribution >= 0.6 is 11.3 Å². The van der Waals surface area contributed by atoms with E-state index in [1.807, 2.05) is 6.07 Å². The lowest BCUT2D eigenvalue weighted by atomic mass is 10.0. The minimum absolute atomic E-state index is 0.301. The number of rotatable bonds is 3. The minimum atomic E-state index is 0.301. The average molecular weight is 170 g/mol. The Morgan fingerprint density at radius 2 is 2.27 bits per heavy atom. The van der Waals surface area contributed by atoms with Gasteiger partial charge in [-0.2, -0.15) is 0 Å². The summed E-state index contributed by atoms with van der Waals surface area (Å²) in [5.74, 6) is 5.96. The van der Waals surface area contributed by atoms with Crippen molar-refractivity contribution in [2.24, 2.45) is 11.8 Å². The fourth-order valence-electron chi connectivity index (χ4n) is 1.07. The van der Waals surface area contributed by atoms with Gasteiger partial charge in [0, 0.05) is 4.88 Å². The Kier molecular flexibility index (Phi) is 3.05. The second kappa shape index (κ2) is 3.85. The summed E-state index contributed by atoms with van der Waals surface area (Å²) in [5.41, 5.74) is 2.81. The fraction of sp³-hybridized carbons (Fsp3) is 0.500. The van der Waals surface area contributed by atoms with E-state index < -0.39 is 0 Å². The molecule has 3 heteroatoms. The summed E-state index contributed by atoms with van der Waals surface area (Å²) in [6, 6.07) is 4.46. The van der Waals surface area contributed by atoms with Gasteiger partial charge in [-0.3, -0.25) is 11.3 Å². The smallest absolute Gasteiger partial charge is 0.0576 e. The highest BCUT2D eigenvalue weighted by Gasteiger charge is 2.13. The summed E-state index contributed by atoms with van der Waals surface area (Å²) in [6.07, 6.45) is 0. The van der Waals surface area contributed by atoms with Gasteiger partial charge >= 0.3 is 0 Å². The van der Waals surface area contributed by atoms with Gasteiger partial charge in [0.1, 0.15) is 0 Å². The fourth-order valence-corrected chi connectivity index (χ4v) is 2.03. The Morgan fingerprint density at radius 1 is 1.55 bits per heavy atom. The minimum Gasteiger partial charge on any atom is -0.271 e. The van der Waals surface area contributed by atoms with Crippen LogP contribution in [0.15, 0.2) is 17.5 Å². The number of hydrogen-bond donors (Lipinski definition) is 2. The Morgan fingerprint density at radius 3 is 2.64 bits per heavy atom. The predicted molar refractivity (Wildman–Crippen MR) is 49.2 cm³/mol. The van der Waals surface area contributed by atoms with Crippen molar-refractivity contribution in [2.75, 3.05) is 0 Å². The quantitative estimate of drug-likeness (QED) is 0.537. The zero-order valence-electron chi connectivity index (χ0n) is 6.87. The molecule has 1 aromatic heterocycles. The molecule has 0 aliphatic rings. The van der Waals surface area contributed by atoms with Crippen molar-refractivity contribution >= 4 is 11.3 Å². The maximum absolute atomic E-state index is 5.42. The summed E-state index contributed by atoms with van der Waals surface area (Å²) in [4.78, 5) is 1.31. The molecular formula is C8H14N2S. The van der Waals surface area contributed by atoms with E-state index in [0.29, 0.717) is 12.0 Å². The molecule has 62 valence electrons. The molecule has 1 unspecified atom stereocenters. The monoisotopic (exact) mass is 170 g/mol. The van der Waals surface area contributed by atoms with E-state index in [4.69, 9.17) is 5.84 Å². The van der Waals surface area contributed by atoms with Crippen molar-refractivity contribution in [1.29, 1.82) is 0 Å². The van der Waals surface area contributed by atoms with Crippen LogP contribution < -0.4 is 11.3 Å². The molecule has 1 heterocycles. The van der Waals surface area contributed by atoms with E-state index in [9.17, 15) is 0 Å². The van der Waals surface area contributed by atoms with Gasteiger partial charge in [0.05, 0.1) is 6.04 Å². The molecule has 0 saturated heterocycles. The number of nitrogens with one attached hydrogen (secondary N) is 1. The Hall–Kier alpha value is -0.380. The van der Waals surface area contributed by atoms with Crippen molar-refractivity contribution in [3.05, 3.63) is 22.4 Å². The van der Waals surface area contributed by atoms with E-state index in [0.717, 1.165) is 0 Å². The number of hydrogen-bond acceptors (Lipinski definition) is 3. The summed E-state index contributed by atoms with van der Waals surface area (Å²) in [6.45, 7) is 4.31. The number of hydrazine groups is 1. The van der Waals surface area contributed by atoms with Crippen molar-refractivity contribution in [3.8, 4) is 0 Å². The molecule has 2 nitrogen and oxygen atoms in total. The van der Waals surface area contributed by atoms with E-state index in [1.165, 1.54) is 4.88 Å². The average Bonchev–Trinajstić information content (AvgIpc) is 2.40. The maximum Gasteiger partial charge on any atom is 0.0576 e. The second-order valence-corrected chi connectivity index (χ2v) is 3.88. The van der Waals surface area contributed by atoms with Gasteiger partial charge in [-0.25, -0.2) is 0 Å². The van der Waals surface area contributed by atoms with Crippen LogP contribution in [-0.4, -0.2) is 0 Å². The predicted octanol–water partition coefficient (Wildman–Crippen LogP) is 1.91. The highest BCUT2D eigenvalue weighted by Crippen LogP contribution is 2.24. The zero-order chi connectivity index (χ0) is 8.27. The number of nitrogens with two attached hydrogens (primary N) is 1. The lowest BCUT2D eigenvalue weighted by Crippen LogP contribution is -2.30. The first-order valence-corrected chi connectivity index (χ1v) is 4.63. The summed E-state index contributed by atoms with van der Waals surface area (Å²) in [7, 11) is 0. The van der Waals surface area contributed by atoms with Crippen LogP contribution in [0, 0.1) is 5.92 Å². The van der Waals surface area contributed by atoms with Gasteiger partial charge in [0.2, 0.25) is 0 Å². The van der Waals surface area contributed by atoms with Crippen molar-refractivity contribution in [2.45, 2.75) is 19.9 Å². The largest absolute Gasteiger partial charge is 0.271 e. The molecule has 0 aliphatic heterocycles. The van der Waals surface area contributed by atoms with Gasteiger partial charge in [0.15, 0.2) is 0 Å². The van der Waals surface area contributed by atoms with Gasteiger partial charge in [-0.05, 0) is 17.4 Å². The Balaban J connectivity index is 2.71. The van der Waals surface area contributed by atoms with E-state index >= 15 is 0 Å². The third-order valence-electron chi connectivity index (χ3n) is 1.70. The van der Waals surface area contributed by atoms with Crippen LogP contribution in [0.2, 0.25) is 0 Å². The van der Waals surface area contributed by atoms with Crippen molar-refractivity contribution in [1.82, 2.24) is 5.43 Å². The van der Waals surface area contributed by atoms with Crippen molar-refractivity contribution < 1.29 is 0 Å². The summed E-state index contributed by atoms with van der Waals surface area (Å²) >= 11 is 1.74. The molecule has 0 saturated carbocycles. The third kappa shape index (κ3) is 2.02. The lowest BCUT2D eigenvalue weighted by molar-refractivity contribution is 0.427. The van der Waals surface area contributed by atoms with Crippen molar-refractivity contribution in [3.63, 3.8) is 0 Å². The highest BCUT2D eigenvalue weighted by atomic mass is 32.1. The van der Waals surface area contributed by atoms with Gasteiger partial charge in [-0.1, -0.05) is 19.9 Å². The third-order valence-corrected chi connectivity index (χ3v) is 2.65. The Bertz CT molecular complexity index is 194. The summed E-state index contributed by atoms with van der Waals surface area (Å²) < 4.78 is 0. The first-order valence-electron chi connectivity index (χ1n) is 3.75. The van der Waals surface area contributed by atoms with Crippen LogP contribution in [0.5, 0.6) is 0 Å². The van der Waals surface area contributed by atoms with Crippen LogP contribution in [-0.2, 0) is 0 Å². The first-order chi connectivity index (χ1) is 5.25. The Labute approximate surface area is 71.4 Å². The van der Waals surface area contributed by atoms with Gasteiger partial charge in [-0.15, -0.1) is 11.3 Å². The SMILES string of the molecule is CC(C)C(NN)c1cccs1. The topological polar surface area (TPSA) is 38.0 Å².